The fourth-order valence-corrected chi connectivity index (χ4v) is 6.01. The number of hydrogen-bond donors (Lipinski definition) is 0. The first-order valence-corrected chi connectivity index (χ1v) is 12.4. The van der Waals surface area contributed by atoms with E-state index >= 15 is 0 Å². The van der Waals surface area contributed by atoms with Crippen LogP contribution in [0.15, 0.2) is 35.8 Å². The molecule has 0 aliphatic carbocycles. The van der Waals surface area contributed by atoms with Crippen LogP contribution in [0.2, 0.25) is 0 Å². The third-order valence-corrected chi connectivity index (χ3v) is 8.20. The monoisotopic (exact) mass is 439 g/mol. The third kappa shape index (κ3) is 4.69. The molecule has 0 bridgehead atoms. The first-order valence-electron chi connectivity index (χ1n) is 11.5. The van der Waals surface area contributed by atoms with E-state index in [2.05, 4.69) is 41.1 Å². The van der Waals surface area contributed by atoms with Gasteiger partial charge in [0.25, 0.3) is 5.91 Å². The number of nitrogens with zero attached hydrogens (tertiary/aromatic N) is 3. The van der Waals surface area contributed by atoms with Crippen LogP contribution in [0.4, 0.5) is 0 Å². The predicted molar refractivity (Wildman–Crippen MR) is 124 cm³/mol. The molecule has 0 spiro atoms. The molecule has 1 atom stereocenters. The van der Waals surface area contributed by atoms with E-state index in [9.17, 15) is 9.59 Å². The maximum absolute atomic E-state index is 13.7. The number of likely N-dealkylation sites (tertiary alicyclic amines) is 2. The fraction of sp³-hybridized carbons (Fsp3) is 0.560. The highest BCUT2D eigenvalue weighted by Crippen LogP contribution is 2.43. The summed E-state index contributed by atoms with van der Waals surface area (Å²) in [5.74, 6) is 0.758. The maximum atomic E-state index is 13.7. The average molecular weight is 440 g/mol. The van der Waals surface area contributed by atoms with Crippen LogP contribution in [0.25, 0.3) is 0 Å². The lowest BCUT2D eigenvalue weighted by atomic mass is 9.69. The fourth-order valence-electron chi connectivity index (χ4n) is 5.24. The molecule has 2 amide bonds. The number of hydrogen-bond acceptors (Lipinski definition) is 4. The smallest absolute Gasteiger partial charge is 0.265 e. The Labute approximate surface area is 189 Å². The molecule has 5 nitrogen and oxygen atoms in total. The van der Waals surface area contributed by atoms with Gasteiger partial charge in [0.1, 0.15) is 4.88 Å². The molecule has 166 valence electrons. The van der Waals surface area contributed by atoms with E-state index in [1.807, 2.05) is 17.9 Å². The molecule has 6 heteroatoms. The zero-order valence-electron chi connectivity index (χ0n) is 18.7. The van der Waals surface area contributed by atoms with E-state index in [-0.39, 0.29) is 11.3 Å². The van der Waals surface area contributed by atoms with Gasteiger partial charge in [0.05, 0.1) is 11.2 Å². The Hall–Kier alpha value is -2.21. The molecule has 2 aliphatic rings. The second-order valence-corrected chi connectivity index (χ2v) is 10.1. The highest BCUT2D eigenvalue weighted by Gasteiger charge is 2.45. The van der Waals surface area contributed by atoms with Gasteiger partial charge in [-0.3, -0.25) is 9.59 Å². The number of thiazole rings is 1. The Balaban J connectivity index is 1.40. The van der Waals surface area contributed by atoms with Crippen molar-refractivity contribution in [2.75, 3.05) is 26.2 Å². The summed E-state index contributed by atoms with van der Waals surface area (Å²) >= 11 is 1.42. The van der Waals surface area contributed by atoms with E-state index in [1.54, 1.807) is 5.51 Å². The maximum Gasteiger partial charge on any atom is 0.265 e. The van der Waals surface area contributed by atoms with Crippen LogP contribution in [0.3, 0.4) is 0 Å². The summed E-state index contributed by atoms with van der Waals surface area (Å²) in [6, 6.07) is 10.4. The molecule has 2 aliphatic heterocycles. The van der Waals surface area contributed by atoms with Crippen molar-refractivity contribution in [3.8, 4) is 0 Å². The van der Waals surface area contributed by atoms with Crippen LogP contribution in [0, 0.1) is 18.3 Å². The molecule has 2 fully saturated rings. The second-order valence-electron chi connectivity index (χ2n) is 9.24. The summed E-state index contributed by atoms with van der Waals surface area (Å²) in [6.07, 6.45) is 5.85. The number of benzene rings is 1. The normalized spacial score (nSPS) is 23.1. The predicted octanol–water partition coefficient (Wildman–Crippen LogP) is 4.57. The first kappa shape index (κ1) is 22.0. The number of carbonyl (C=O) groups excluding carboxylic acids is 2. The van der Waals surface area contributed by atoms with Crippen molar-refractivity contribution >= 4 is 23.2 Å². The number of rotatable bonds is 5. The zero-order valence-corrected chi connectivity index (χ0v) is 19.5. The lowest BCUT2D eigenvalue weighted by molar-refractivity contribution is -0.144. The van der Waals surface area contributed by atoms with Crippen LogP contribution in [0.1, 0.15) is 60.0 Å². The van der Waals surface area contributed by atoms with Crippen molar-refractivity contribution in [1.29, 1.82) is 0 Å². The molecule has 3 heterocycles. The molecule has 0 unspecified atom stereocenters. The summed E-state index contributed by atoms with van der Waals surface area (Å²) < 4.78 is 0. The van der Waals surface area contributed by atoms with Crippen molar-refractivity contribution in [3.05, 3.63) is 52.0 Å². The van der Waals surface area contributed by atoms with Gasteiger partial charge in [-0.25, -0.2) is 4.98 Å². The molecule has 1 aromatic heterocycles. The van der Waals surface area contributed by atoms with Gasteiger partial charge in [-0.2, -0.15) is 0 Å². The van der Waals surface area contributed by atoms with Crippen LogP contribution in [-0.4, -0.2) is 52.8 Å². The van der Waals surface area contributed by atoms with Gasteiger partial charge < -0.3 is 9.80 Å². The van der Waals surface area contributed by atoms with Crippen molar-refractivity contribution in [3.63, 3.8) is 0 Å². The molecule has 2 saturated heterocycles. The number of aryl methyl sites for hydroxylation is 1. The molecular weight excluding hydrogens is 406 g/mol. The van der Waals surface area contributed by atoms with E-state index in [0.717, 1.165) is 75.3 Å². The number of aromatic nitrogens is 1. The highest BCUT2D eigenvalue weighted by atomic mass is 32.1. The first-order chi connectivity index (χ1) is 15.0. The van der Waals surface area contributed by atoms with Gasteiger partial charge in [0.2, 0.25) is 5.91 Å². The van der Waals surface area contributed by atoms with Crippen LogP contribution in [0.5, 0.6) is 0 Å². The van der Waals surface area contributed by atoms with Crippen molar-refractivity contribution < 1.29 is 9.59 Å². The Bertz CT molecular complexity index is 905. The van der Waals surface area contributed by atoms with Gasteiger partial charge in [-0.05, 0) is 50.5 Å². The zero-order chi connectivity index (χ0) is 21.8. The Kier molecular flexibility index (Phi) is 6.75. The quantitative estimate of drug-likeness (QED) is 0.686. The lowest BCUT2D eigenvalue weighted by Crippen LogP contribution is -2.49. The third-order valence-electron chi connectivity index (χ3n) is 7.29. The van der Waals surface area contributed by atoms with E-state index in [4.69, 9.17) is 0 Å². The molecule has 1 aromatic carbocycles. The van der Waals surface area contributed by atoms with Crippen LogP contribution in [-0.2, 0) is 11.2 Å². The SMILES string of the molecule is Cc1ncsc1C(=O)N1CCC([C@@]2(C)CCCCN(CCc3ccccc3)C2=O)CC1. The number of piperidine rings is 1. The molecule has 31 heavy (non-hydrogen) atoms. The summed E-state index contributed by atoms with van der Waals surface area (Å²) in [7, 11) is 0. The second kappa shape index (κ2) is 9.51. The van der Waals surface area contributed by atoms with Gasteiger partial charge >= 0.3 is 0 Å². The minimum absolute atomic E-state index is 0.0975. The van der Waals surface area contributed by atoms with Gasteiger partial charge in [-0.1, -0.05) is 43.7 Å². The highest BCUT2D eigenvalue weighted by molar-refractivity contribution is 7.11. The largest absolute Gasteiger partial charge is 0.342 e. The lowest BCUT2D eigenvalue weighted by Gasteiger charge is -2.43. The van der Waals surface area contributed by atoms with Gasteiger partial charge in [-0.15, -0.1) is 11.3 Å². The Morgan fingerprint density at radius 1 is 1.16 bits per heavy atom. The molecular formula is C25H33N3O2S. The Morgan fingerprint density at radius 2 is 1.90 bits per heavy atom. The minimum atomic E-state index is -0.317. The topological polar surface area (TPSA) is 53.5 Å². The molecule has 2 aromatic rings. The molecule has 0 N–H and O–H groups in total. The van der Waals surface area contributed by atoms with Crippen LogP contribution >= 0.6 is 11.3 Å². The van der Waals surface area contributed by atoms with Crippen LogP contribution < -0.4 is 0 Å². The summed E-state index contributed by atoms with van der Waals surface area (Å²) in [5, 5.41) is 0. The molecule has 4 rings (SSSR count). The standard InChI is InChI=1S/C25H33N3O2S/c1-19-22(31-18-26-19)23(29)27-16-11-21(12-17-27)25(2)13-6-7-14-28(24(25)30)15-10-20-8-4-3-5-9-20/h3-5,8-9,18,21H,6-7,10-17H2,1-2H3/t25-/m1/s1. The minimum Gasteiger partial charge on any atom is -0.342 e. The van der Waals surface area contributed by atoms with Crippen molar-refractivity contribution in [1.82, 2.24) is 14.8 Å². The van der Waals surface area contributed by atoms with E-state index in [0.29, 0.717) is 11.8 Å². The van der Waals surface area contributed by atoms with Crippen molar-refractivity contribution in [2.45, 2.75) is 52.4 Å². The number of carbonyl (C=O) groups is 2. The molecule has 0 radical (unpaired) electrons. The van der Waals surface area contributed by atoms with E-state index in [1.165, 1.54) is 16.9 Å². The van der Waals surface area contributed by atoms with Gasteiger partial charge in [0, 0.05) is 31.6 Å². The van der Waals surface area contributed by atoms with Crippen molar-refractivity contribution in [2.24, 2.45) is 11.3 Å². The molecule has 0 saturated carbocycles. The summed E-state index contributed by atoms with van der Waals surface area (Å²) in [6.45, 7) is 7.20. The van der Waals surface area contributed by atoms with Gasteiger partial charge in [0.15, 0.2) is 0 Å². The summed E-state index contributed by atoms with van der Waals surface area (Å²) in [5.41, 5.74) is 3.52. The summed E-state index contributed by atoms with van der Waals surface area (Å²) in [4.78, 5) is 35.6. The average Bonchev–Trinajstić information content (AvgIpc) is 3.17. The van der Waals surface area contributed by atoms with E-state index < -0.39 is 0 Å². The Morgan fingerprint density at radius 3 is 2.58 bits per heavy atom. The number of amides is 2.